The van der Waals surface area contributed by atoms with Crippen LogP contribution in [0, 0.1) is 5.41 Å². The summed E-state index contributed by atoms with van der Waals surface area (Å²) >= 11 is 5.79. The van der Waals surface area contributed by atoms with E-state index in [1.54, 1.807) is 0 Å². The van der Waals surface area contributed by atoms with Crippen LogP contribution >= 0.6 is 11.6 Å². The first kappa shape index (κ1) is 10.8. The van der Waals surface area contributed by atoms with Crippen LogP contribution in [-0.2, 0) is 0 Å². The predicted octanol–water partition coefficient (Wildman–Crippen LogP) is 2.85. The third-order valence-corrected chi connectivity index (χ3v) is 3.24. The summed E-state index contributed by atoms with van der Waals surface area (Å²) in [4.78, 5) is 0. The lowest BCUT2D eigenvalue weighted by atomic mass is 10.0. The van der Waals surface area contributed by atoms with Crippen LogP contribution in [0.4, 0.5) is 0 Å². The van der Waals surface area contributed by atoms with Gasteiger partial charge in [-0.05, 0) is 50.1 Å². The summed E-state index contributed by atoms with van der Waals surface area (Å²) in [7, 11) is 0. The van der Waals surface area contributed by atoms with Crippen molar-refractivity contribution in [2.24, 2.45) is 11.1 Å². The SMILES string of the molecule is NCCC1(COc2ccc(Cl)cc2)CC1. The van der Waals surface area contributed by atoms with E-state index in [0.717, 1.165) is 30.3 Å². The maximum absolute atomic E-state index is 5.79. The van der Waals surface area contributed by atoms with Gasteiger partial charge in [0.15, 0.2) is 0 Å². The van der Waals surface area contributed by atoms with E-state index in [0.29, 0.717) is 5.41 Å². The molecule has 0 aromatic heterocycles. The molecule has 0 atom stereocenters. The zero-order valence-corrected chi connectivity index (χ0v) is 9.46. The molecule has 0 heterocycles. The van der Waals surface area contributed by atoms with Gasteiger partial charge in [-0.1, -0.05) is 11.6 Å². The number of benzene rings is 1. The second-order valence-electron chi connectivity index (χ2n) is 4.28. The second kappa shape index (κ2) is 4.42. The molecule has 2 N–H and O–H groups in total. The molecule has 0 amide bonds. The average Bonchev–Trinajstić information content (AvgIpc) is 2.99. The molecule has 1 aromatic carbocycles. The summed E-state index contributed by atoms with van der Waals surface area (Å²) in [6.07, 6.45) is 3.57. The zero-order valence-electron chi connectivity index (χ0n) is 8.71. The largest absolute Gasteiger partial charge is 0.493 e. The minimum Gasteiger partial charge on any atom is -0.493 e. The van der Waals surface area contributed by atoms with E-state index in [-0.39, 0.29) is 0 Å². The van der Waals surface area contributed by atoms with Crippen molar-refractivity contribution in [3.05, 3.63) is 29.3 Å². The van der Waals surface area contributed by atoms with Crippen LogP contribution in [-0.4, -0.2) is 13.2 Å². The van der Waals surface area contributed by atoms with E-state index in [2.05, 4.69) is 0 Å². The van der Waals surface area contributed by atoms with Crippen molar-refractivity contribution in [1.29, 1.82) is 0 Å². The van der Waals surface area contributed by atoms with Crippen LogP contribution in [0.3, 0.4) is 0 Å². The minimum atomic E-state index is 0.369. The molecule has 1 aliphatic carbocycles. The van der Waals surface area contributed by atoms with Gasteiger partial charge >= 0.3 is 0 Å². The maximum atomic E-state index is 5.79. The second-order valence-corrected chi connectivity index (χ2v) is 4.72. The van der Waals surface area contributed by atoms with Gasteiger partial charge < -0.3 is 10.5 Å². The monoisotopic (exact) mass is 225 g/mol. The summed E-state index contributed by atoms with van der Waals surface area (Å²) in [6.45, 7) is 1.54. The van der Waals surface area contributed by atoms with E-state index in [1.807, 2.05) is 24.3 Å². The van der Waals surface area contributed by atoms with Crippen molar-refractivity contribution < 1.29 is 4.74 Å². The molecule has 1 aromatic rings. The number of nitrogens with two attached hydrogens (primary N) is 1. The number of halogens is 1. The fourth-order valence-electron chi connectivity index (χ4n) is 1.72. The van der Waals surface area contributed by atoms with E-state index < -0.39 is 0 Å². The van der Waals surface area contributed by atoms with Gasteiger partial charge in [0.25, 0.3) is 0 Å². The smallest absolute Gasteiger partial charge is 0.119 e. The van der Waals surface area contributed by atoms with Crippen LogP contribution in [0.25, 0.3) is 0 Å². The molecular weight excluding hydrogens is 210 g/mol. The molecule has 1 fully saturated rings. The molecule has 0 unspecified atom stereocenters. The van der Waals surface area contributed by atoms with Crippen LogP contribution in [0.1, 0.15) is 19.3 Å². The first-order valence-corrected chi connectivity index (χ1v) is 5.70. The lowest BCUT2D eigenvalue weighted by Gasteiger charge is -2.15. The molecule has 0 bridgehead atoms. The van der Waals surface area contributed by atoms with Gasteiger partial charge in [0, 0.05) is 10.4 Å². The fraction of sp³-hybridized carbons (Fsp3) is 0.500. The van der Waals surface area contributed by atoms with Gasteiger partial charge in [-0.3, -0.25) is 0 Å². The molecule has 2 rings (SSSR count). The third-order valence-electron chi connectivity index (χ3n) is 2.99. The van der Waals surface area contributed by atoms with E-state index in [4.69, 9.17) is 22.1 Å². The van der Waals surface area contributed by atoms with Gasteiger partial charge in [-0.2, -0.15) is 0 Å². The molecule has 3 heteroatoms. The van der Waals surface area contributed by atoms with Gasteiger partial charge in [0.2, 0.25) is 0 Å². The average molecular weight is 226 g/mol. The predicted molar refractivity (Wildman–Crippen MR) is 62.3 cm³/mol. The third kappa shape index (κ3) is 2.86. The molecule has 1 saturated carbocycles. The highest BCUT2D eigenvalue weighted by molar-refractivity contribution is 6.30. The summed E-state index contributed by atoms with van der Waals surface area (Å²) < 4.78 is 5.73. The molecule has 82 valence electrons. The lowest BCUT2D eigenvalue weighted by molar-refractivity contribution is 0.227. The van der Waals surface area contributed by atoms with Crippen LogP contribution in [0.5, 0.6) is 5.75 Å². The van der Waals surface area contributed by atoms with Crippen molar-refractivity contribution >= 4 is 11.6 Å². The summed E-state index contributed by atoms with van der Waals surface area (Å²) in [5.74, 6) is 0.891. The Kier molecular flexibility index (Phi) is 3.17. The number of hydrogen-bond acceptors (Lipinski definition) is 2. The summed E-state index contributed by atoms with van der Waals surface area (Å²) in [5.41, 5.74) is 5.94. The van der Waals surface area contributed by atoms with Crippen molar-refractivity contribution in [1.82, 2.24) is 0 Å². The van der Waals surface area contributed by atoms with Crippen molar-refractivity contribution in [3.8, 4) is 5.75 Å². The quantitative estimate of drug-likeness (QED) is 0.837. The topological polar surface area (TPSA) is 35.2 Å². The molecule has 2 nitrogen and oxygen atoms in total. The van der Waals surface area contributed by atoms with Crippen molar-refractivity contribution in [2.75, 3.05) is 13.2 Å². The number of hydrogen-bond donors (Lipinski definition) is 1. The van der Waals surface area contributed by atoms with Gasteiger partial charge in [0.1, 0.15) is 5.75 Å². The van der Waals surface area contributed by atoms with Crippen molar-refractivity contribution in [3.63, 3.8) is 0 Å². The number of ether oxygens (including phenoxy) is 1. The lowest BCUT2D eigenvalue weighted by Crippen LogP contribution is -2.17. The van der Waals surface area contributed by atoms with Crippen LogP contribution in [0.15, 0.2) is 24.3 Å². The Labute approximate surface area is 95.4 Å². The van der Waals surface area contributed by atoms with Gasteiger partial charge in [-0.25, -0.2) is 0 Å². The Hall–Kier alpha value is -0.730. The molecule has 15 heavy (non-hydrogen) atoms. The molecule has 0 saturated heterocycles. The summed E-state index contributed by atoms with van der Waals surface area (Å²) in [5, 5.41) is 0.741. The first-order chi connectivity index (χ1) is 7.24. The minimum absolute atomic E-state index is 0.369. The zero-order chi connectivity index (χ0) is 10.7. The Morgan fingerprint density at radius 1 is 1.27 bits per heavy atom. The highest BCUT2D eigenvalue weighted by Gasteiger charge is 2.42. The highest BCUT2D eigenvalue weighted by atomic mass is 35.5. The Morgan fingerprint density at radius 3 is 2.47 bits per heavy atom. The molecule has 0 spiro atoms. The molecule has 1 aliphatic rings. The van der Waals surface area contributed by atoms with E-state index in [1.165, 1.54) is 12.8 Å². The fourth-order valence-corrected chi connectivity index (χ4v) is 1.84. The maximum Gasteiger partial charge on any atom is 0.119 e. The van der Waals surface area contributed by atoms with Crippen LogP contribution < -0.4 is 10.5 Å². The van der Waals surface area contributed by atoms with E-state index in [9.17, 15) is 0 Å². The standard InChI is InChI=1S/C12H16ClNO/c13-10-1-3-11(4-2-10)15-9-12(5-6-12)7-8-14/h1-4H,5-9,14H2. The molecule has 0 aliphatic heterocycles. The molecular formula is C12H16ClNO. The van der Waals surface area contributed by atoms with E-state index >= 15 is 0 Å². The van der Waals surface area contributed by atoms with Gasteiger partial charge in [0.05, 0.1) is 6.61 Å². The Balaban J connectivity index is 1.85. The summed E-state index contributed by atoms with van der Waals surface area (Å²) in [6, 6.07) is 7.50. The highest BCUT2D eigenvalue weighted by Crippen LogP contribution is 2.48. The Morgan fingerprint density at radius 2 is 1.93 bits per heavy atom. The normalized spacial score (nSPS) is 17.5. The first-order valence-electron chi connectivity index (χ1n) is 5.33. The number of rotatable bonds is 5. The van der Waals surface area contributed by atoms with Crippen molar-refractivity contribution in [2.45, 2.75) is 19.3 Å². The molecule has 0 radical (unpaired) electrons. The van der Waals surface area contributed by atoms with Gasteiger partial charge in [-0.15, -0.1) is 0 Å². The van der Waals surface area contributed by atoms with Crippen LogP contribution in [0.2, 0.25) is 5.02 Å². The Bertz CT molecular complexity index is 319.